The van der Waals surface area contributed by atoms with Crippen LogP contribution in [0.15, 0.2) is 30.3 Å². The van der Waals surface area contributed by atoms with Gasteiger partial charge in [-0.25, -0.2) is 19.6 Å². The van der Waals surface area contributed by atoms with E-state index in [-0.39, 0.29) is 11.6 Å². The summed E-state index contributed by atoms with van der Waals surface area (Å²) < 4.78 is 32.2. The molecule has 2 rings (SSSR count). The molecule has 1 aromatic heterocycles. The van der Waals surface area contributed by atoms with Crippen molar-refractivity contribution in [2.24, 2.45) is 5.84 Å². The molecule has 0 atom stereocenters. The predicted octanol–water partition coefficient (Wildman–Crippen LogP) is 2.44. The van der Waals surface area contributed by atoms with Gasteiger partial charge in [-0.05, 0) is 24.6 Å². The fraction of sp³-hybridized carbons (Fsp3) is 0.214. The van der Waals surface area contributed by atoms with Gasteiger partial charge in [0.15, 0.2) is 23.3 Å². The Bertz CT molecular complexity index is 622. The van der Waals surface area contributed by atoms with Gasteiger partial charge in [0, 0.05) is 6.07 Å². The Kier molecular flexibility index (Phi) is 4.89. The highest BCUT2D eigenvalue weighted by atomic mass is 19.1. The first-order valence-electron chi connectivity index (χ1n) is 6.36. The zero-order chi connectivity index (χ0) is 15.2. The topological polar surface area (TPSA) is 72.2 Å². The molecule has 1 heterocycles. The van der Waals surface area contributed by atoms with Crippen molar-refractivity contribution in [3.8, 4) is 5.75 Å². The molecule has 1 aromatic carbocycles. The van der Waals surface area contributed by atoms with E-state index in [0.717, 1.165) is 11.3 Å². The number of anilines is 2. The Balaban J connectivity index is 1.89. The summed E-state index contributed by atoms with van der Waals surface area (Å²) in [4.78, 5) is 3.70. The molecule has 21 heavy (non-hydrogen) atoms. The zero-order valence-electron chi connectivity index (χ0n) is 11.5. The number of nitrogen functional groups attached to an aromatic ring is 1. The third-order valence-corrected chi connectivity index (χ3v) is 2.72. The van der Waals surface area contributed by atoms with Gasteiger partial charge in [0.05, 0.1) is 6.54 Å². The fourth-order valence-electron chi connectivity index (χ4n) is 1.74. The van der Waals surface area contributed by atoms with Gasteiger partial charge in [0.1, 0.15) is 12.4 Å². The molecule has 0 saturated carbocycles. The summed E-state index contributed by atoms with van der Waals surface area (Å²) in [5.41, 5.74) is 3.15. The van der Waals surface area contributed by atoms with Crippen LogP contribution in [0.3, 0.4) is 0 Å². The normalized spacial score (nSPS) is 10.3. The number of benzene rings is 1. The first kappa shape index (κ1) is 15.0. The van der Waals surface area contributed by atoms with Gasteiger partial charge in [0.2, 0.25) is 0 Å². The number of hydrazine groups is 1. The van der Waals surface area contributed by atoms with Crippen molar-refractivity contribution in [1.82, 2.24) is 4.98 Å². The summed E-state index contributed by atoms with van der Waals surface area (Å²) in [7, 11) is 0. The standard InChI is InChI=1S/C14H16F2N4O/c1-9-3-2-4-10(7-9)21-6-5-18-13-11(15)8-12(16)14(19-13)20-17/h2-4,7-8H,5-6,17H2,1H3,(H2,18,19,20). The summed E-state index contributed by atoms with van der Waals surface area (Å²) in [5, 5.41) is 2.73. The lowest BCUT2D eigenvalue weighted by molar-refractivity contribution is 0.332. The Morgan fingerprint density at radius 2 is 1.95 bits per heavy atom. The van der Waals surface area contributed by atoms with Crippen molar-refractivity contribution < 1.29 is 13.5 Å². The number of nitrogens with one attached hydrogen (secondary N) is 2. The molecule has 4 N–H and O–H groups in total. The van der Waals surface area contributed by atoms with Crippen LogP contribution in [-0.4, -0.2) is 18.1 Å². The SMILES string of the molecule is Cc1cccc(OCCNc2nc(NN)c(F)cc2F)c1. The number of rotatable bonds is 6. The highest BCUT2D eigenvalue weighted by molar-refractivity contribution is 5.46. The van der Waals surface area contributed by atoms with Crippen LogP contribution in [0.4, 0.5) is 20.4 Å². The first-order chi connectivity index (χ1) is 10.1. The van der Waals surface area contributed by atoms with Crippen LogP contribution in [0.5, 0.6) is 5.75 Å². The molecule has 7 heteroatoms. The van der Waals surface area contributed by atoms with Gasteiger partial charge in [-0.15, -0.1) is 0 Å². The molecule has 0 unspecified atom stereocenters. The quantitative estimate of drug-likeness (QED) is 0.433. The smallest absolute Gasteiger partial charge is 0.178 e. The van der Waals surface area contributed by atoms with Gasteiger partial charge in [-0.1, -0.05) is 12.1 Å². The molecule has 0 fully saturated rings. The van der Waals surface area contributed by atoms with Crippen molar-refractivity contribution in [3.05, 3.63) is 47.5 Å². The number of aromatic nitrogens is 1. The molecule has 0 saturated heterocycles. The highest BCUT2D eigenvalue weighted by Crippen LogP contribution is 2.18. The van der Waals surface area contributed by atoms with Crippen LogP contribution < -0.4 is 21.3 Å². The molecule has 0 aliphatic carbocycles. The van der Waals surface area contributed by atoms with E-state index in [1.165, 1.54) is 0 Å². The van der Waals surface area contributed by atoms with Crippen molar-refractivity contribution in [2.75, 3.05) is 23.9 Å². The number of nitrogens with zero attached hydrogens (tertiary/aromatic N) is 1. The molecule has 5 nitrogen and oxygen atoms in total. The summed E-state index contributed by atoms with van der Waals surface area (Å²) in [6.07, 6.45) is 0. The largest absolute Gasteiger partial charge is 0.492 e. The summed E-state index contributed by atoms with van der Waals surface area (Å²) >= 11 is 0. The van der Waals surface area contributed by atoms with Crippen LogP contribution in [0, 0.1) is 18.6 Å². The monoisotopic (exact) mass is 294 g/mol. The van der Waals surface area contributed by atoms with Crippen molar-refractivity contribution in [1.29, 1.82) is 0 Å². The summed E-state index contributed by atoms with van der Waals surface area (Å²) in [6.45, 7) is 2.59. The number of hydrogen-bond acceptors (Lipinski definition) is 5. The molecule has 0 aliphatic heterocycles. The van der Waals surface area contributed by atoms with E-state index in [1.54, 1.807) is 0 Å². The molecule has 0 radical (unpaired) electrons. The number of pyridine rings is 1. The minimum Gasteiger partial charge on any atom is -0.492 e. The Morgan fingerprint density at radius 1 is 1.19 bits per heavy atom. The number of ether oxygens (including phenoxy) is 1. The van der Waals surface area contributed by atoms with E-state index >= 15 is 0 Å². The summed E-state index contributed by atoms with van der Waals surface area (Å²) in [5.74, 6) is 3.87. The maximum Gasteiger partial charge on any atom is 0.178 e. The van der Waals surface area contributed by atoms with Gasteiger partial charge in [0.25, 0.3) is 0 Å². The van der Waals surface area contributed by atoms with Gasteiger partial charge >= 0.3 is 0 Å². The zero-order valence-corrected chi connectivity index (χ0v) is 11.5. The van der Waals surface area contributed by atoms with Crippen molar-refractivity contribution in [3.63, 3.8) is 0 Å². The Morgan fingerprint density at radius 3 is 2.67 bits per heavy atom. The van der Waals surface area contributed by atoms with E-state index in [4.69, 9.17) is 10.6 Å². The van der Waals surface area contributed by atoms with E-state index in [0.29, 0.717) is 19.2 Å². The van der Waals surface area contributed by atoms with E-state index in [2.05, 4.69) is 15.7 Å². The lowest BCUT2D eigenvalue weighted by Crippen LogP contribution is -2.16. The van der Waals surface area contributed by atoms with Crippen LogP contribution >= 0.6 is 0 Å². The minimum absolute atomic E-state index is 0.0859. The van der Waals surface area contributed by atoms with Gasteiger partial charge in [-0.3, -0.25) is 0 Å². The minimum atomic E-state index is -0.850. The van der Waals surface area contributed by atoms with E-state index < -0.39 is 11.6 Å². The van der Waals surface area contributed by atoms with E-state index in [9.17, 15) is 8.78 Å². The molecular weight excluding hydrogens is 278 g/mol. The maximum absolute atomic E-state index is 13.5. The lowest BCUT2D eigenvalue weighted by Gasteiger charge is -2.10. The molecule has 0 aliphatic rings. The van der Waals surface area contributed by atoms with Crippen LogP contribution in [-0.2, 0) is 0 Å². The molecule has 0 bridgehead atoms. The van der Waals surface area contributed by atoms with Crippen LogP contribution in [0.2, 0.25) is 0 Å². The third-order valence-electron chi connectivity index (χ3n) is 2.72. The van der Waals surface area contributed by atoms with Crippen LogP contribution in [0.25, 0.3) is 0 Å². The number of nitrogens with two attached hydrogens (primary N) is 1. The Hall–Kier alpha value is -2.41. The number of aryl methyl sites for hydroxylation is 1. The Labute approximate surface area is 121 Å². The number of hydrogen-bond donors (Lipinski definition) is 3. The summed E-state index contributed by atoms with van der Waals surface area (Å²) in [6, 6.07) is 8.29. The molecule has 2 aromatic rings. The lowest BCUT2D eigenvalue weighted by atomic mass is 10.2. The molecular formula is C14H16F2N4O. The predicted molar refractivity (Wildman–Crippen MR) is 77.1 cm³/mol. The molecule has 112 valence electrons. The first-order valence-corrected chi connectivity index (χ1v) is 6.36. The number of halogens is 2. The fourth-order valence-corrected chi connectivity index (χ4v) is 1.74. The molecule has 0 amide bonds. The second-order valence-corrected chi connectivity index (χ2v) is 4.39. The van der Waals surface area contributed by atoms with E-state index in [1.807, 2.05) is 31.2 Å². The maximum atomic E-state index is 13.5. The second kappa shape index (κ2) is 6.85. The van der Waals surface area contributed by atoms with Gasteiger partial charge in [-0.2, -0.15) is 0 Å². The van der Waals surface area contributed by atoms with Crippen molar-refractivity contribution in [2.45, 2.75) is 6.92 Å². The molecule has 0 spiro atoms. The third kappa shape index (κ3) is 4.03. The second-order valence-electron chi connectivity index (χ2n) is 4.39. The average molecular weight is 294 g/mol. The average Bonchev–Trinajstić information content (AvgIpc) is 2.45. The van der Waals surface area contributed by atoms with Gasteiger partial charge < -0.3 is 15.5 Å². The highest BCUT2D eigenvalue weighted by Gasteiger charge is 2.10. The van der Waals surface area contributed by atoms with Crippen LogP contribution in [0.1, 0.15) is 5.56 Å². The van der Waals surface area contributed by atoms with Crippen molar-refractivity contribution >= 4 is 11.6 Å².